The van der Waals surface area contributed by atoms with Gasteiger partial charge in [0.15, 0.2) is 0 Å². The molecule has 0 bridgehead atoms. The van der Waals surface area contributed by atoms with Gasteiger partial charge >= 0.3 is 0 Å². The number of carbonyl (C=O) groups is 2. The standard InChI is InChI=1S/C7H5BrN2O2/c8-4-2-6(12)10-7-3(4)1-5(11)9-7/h2-3H,1H2,(H,9,10,11,12). The van der Waals surface area contributed by atoms with Crippen LogP contribution in [0.1, 0.15) is 6.42 Å². The van der Waals surface area contributed by atoms with E-state index in [1.165, 1.54) is 6.08 Å². The van der Waals surface area contributed by atoms with E-state index < -0.39 is 0 Å². The van der Waals surface area contributed by atoms with E-state index in [0.29, 0.717) is 12.3 Å². The molecule has 1 atom stereocenters. The zero-order valence-corrected chi connectivity index (χ0v) is 7.59. The summed E-state index contributed by atoms with van der Waals surface area (Å²) in [7, 11) is 0. The predicted molar refractivity (Wildman–Crippen MR) is 45.7 cm³/mol. The molecule has 2 amide bonds. The highest BCUT2D eigenvalue weighted by atomic mass is 79.9. The summed E-state index contributed by atoms with van der Waals surface area (Å²) >= 11 is 3.23. The number of nitrogens with one attached hydrogen (secondary N) is 1. The van der Waals surface area contributed by atoms with E-state index in [4.69, 9.17) is 0 Å². The van der Waals surface area contributed by atoms with E-state index >= 15 is 0 Å². The van der Waals surface area contributed by atoms with Crippen molar-refractivity contribution in [2.45, 2.75) is 6.42 Å². The molecule has 1 N–H and O–H groups in total. The molecule has 0 radical (unpaired) electrons. The molecule has 1 fully saturated rings. The molecule has 1 unspecified atom stereocenters. The summed E-state index contributed by atoms with van der Waals surface area (Å²) in [5, 5.41) is 2.54. The van der Waals surface area contributed by atoms with Gasteiger partial charge in [-0.15, -0.1) is 0 Å². The first-order chi connectivity index (χ1) is 5.66. The van der Waals surface area contributed by atoms with Crippen LogP contribution in [0.15, 0.2) is 15.6 Å². The summed E-state index contributed by atoms with van der Waals surface area (Å²) in [5.74, 6) is 0.00343. The number of dihydropyridines is 1. The SMILES string of the molecule is O=C1C=C(Br)C2CC(=O)NC2=N1. The van der Waals surface area contributed by atoms with Crippen LogP contribution in [0.25, 0.3) is 0 Å². The maximum absolute atomic E-state index is 10.9. The van der Waals surface area contributed by atoms with Gasteiger partial charge < -0.3 is 5.32 Å². The Hall–Kier alpha value is -0.970. The van der Waals surface area contributed by atoms with Gasteiger partial charge in [-0.05, 0) is 0 Å². The van der Waals surface area contributed by atoms with Gasteiger partial charge in [0.05, 0.1) is 5.92 Å². The van der Waals surface area contributed by atoms with Gasteiger partial charge in [-0.3, -0.25) is 9.59 Å². The lowest BCUT2D eigenvalue weighted by Gasteiger charge is -2.10. The first kappa shape index (κ1) is 7.67. The third kappa shape index (κ3) is 1.10. The number of hydrogen-bond donors (Lipinski definition) is 1. The maximum atomic E-state index is 10.9. The normalized spacial score (nSPS) is 27.6. The maximum Gasteiger partial charge on any atom is 0.272 e. The highest BCUT2D eigenvalue weighted by Crippen LogP contribution is 2.28. The lowest BCUT2D eigenvalue weighted by Crippen LogP contribution is -2.26. The monoisotopic (exact) mass is 228 g/mol. The Kier molecular flexibility index (Phi) is 1.61. The third-order valence-corrected chi connectivity index (χ3v) is 2.59. The molecule has 62 valence electrons. The highest BCUT2D eigenvalue weighted by Gasteiger charge is 2.33. The third-order valence-electron chi connectivity index (χ3n) is 1.81. The number of nitrogens with zero attached hydrogens (tertiary/aromatic N) is 1. The predicted octanol–water partition coefficient (Wildman–Crippen LogP) is 0.340. The fourth-order valence-electron chi connectivity index (χ4n) is 1.27. The zero-order chi connectivity index (χ0) is 8.72. The van der Waals surface area contributed by atoms with Gasteiger partial charge in [-0.1, -0.05) is 15.9 Å². The topological polar surface area (TPSA) is 58.5 Å². The van der Waals surface area contributed by atoms with Crippen molar-refractivity contribution in [2.24, 2.45) is 10.9 Å². The Morgan fingerprint density at radius 3 is 3.08 bits per heavy atom. The summed E-state index contributed by atoms with van der Waals surface area (Å²) < 4.78 is 0.732. The molecule has 12 heavy (non-hydrogen) atoms. The largest absolute Gasteiger partial charge is 0.314 e. The Bertz CT molecular complexity index is 332. The second-order valence-electron chi connectivity index (χ2n) is 2.67. The summed E-state index contributed by atoms with van der Waals surface area (Å²) in [6, 6.07) is 0. The molecule has 4 nitrogen and oxygen atoms in total. The molecule has 2 heterocycles. The van der Waals surface area contributed by atoms with Crippen molar-refractivity contribution >= 4 is 33.6 Å². The van der Waals surface area contributed by atoms with Crippen LogP contribution in [0.4, 0.5) is 0 Å². The second-order valence-corrected chi connectivity index (χ2v) is 3.59. The van der Waals surface area contributed by atoms with Crippen molar-refractivity contribution in [1.29, 1.82) is 0 Å². The van der Waals surface area contributed by atoms with Crippen LogP contribution in [0, 0.1) is 5.92 Å². The molecule has 0 aromatic carbocycles. The number of rotatable bonds is 0. The lowest BCUT2D eigenvalue weighted by atomic mass is 10.1. The first-order valence-corrected chi connectivity index (χ1v) is 4.25. The van der Waals surface area contributed by atoms with Crippen LogP contribution >= 0.6 is 15.9 Å². The first-order valence-electron chi connectivity index (χ1n) is 3.46. The molecule has 0 aromatic rings. The molecular weight excluding hydrogens is 224 g/mol. The van der Waals surface area contributed by atoms with E-state index in [9.17, 15) is 9.59 Å². The van der Waals surface area contributed by atoms with Gasteiger partial charge in [-0.2, -0.15) is 4.99 Å². The van der Waals surface area contributed by atoms with Crippen LogP contribution in [-0.4, -0.2) is 17.6 Å². The van der Waals surface area contributed by atoms with Crippen LogP contribution < -0.4 is 5.32 Å². The number of amides is 2. The van der Waals surface area contributed by atoms with Crippen LogP contribution in [0.2, 0.25) is 0 Å². The Labute approximate surface area is 76.9 Å². The second kappa shape index (κ2) is 2.52. The summed E-state index contributed by atoms with van der Waals surface area (Å²) in [5.41, 5.74) is 0. The molecule has 0 aliphatic carbocycles. The van der Waals surface area contributed by atoms with E-state index in [0.717, 1.165) is 4.48 Å². The number of halogens is 1. The van der Waals surface area contributed by atoms with Gasteiger partial charge in [0.25, 0.3) is 5.91 Å². The van der Waals surface area contributed by atoms with Crippen LogP contribution in [0.3, 0.4) is 0 Å². The zero-order valence-electron chi connectivity index (χ0n) is 6.00. The Balaban J connectivity index is 2.38. The van der Waals surface area contributed by atoms with Gasteiger partial charge in [0.1, 0.15) is 5.84 Å². The van der Waals surface area contributed by atoms with Crippen molar-refractivity contribution in [2.75, 3.05) is 0 Å². The Morgan fingerprint density at radius 2 is 2.33 bits per heavy atom. The molecule has 1 saturated heterocycles. The fraction of sp³-hybridized carbons (Fsp3) is 0.286. The minimum Gasteiger partial charge on any atom is -0.314 e. The minimum atomic E-state index is -0.324. The number of amidine groups is 1. The van der Waals surface area contributed by atoms with E-state index in [2.05, 4.69) is 26.2 Å². The molecule has 2 rings (SSSR count). The smallest absolute Gasteiger partial charge is 0.272 e. The number of aliphatic imine (C=N–C) groups is 1. The van der Waals surface area contributed by atoms with E-state index in [1.54, 1.807) is 0 Å². The molecular formula is C7H5BrN2O2. The van der Waals surface area contributed by atoms with Crippen molar-refractivity contribution < 1.29 is 9.59 Å². The molecule has 0 spiro atoms. The van der Waals surface area contributed by atoms with Gasteiger partial charge in [0.2, 0.25) is 5.91 Å². The van der Waals surface area contributed by atoms with Crippen LogP contribution in [-0.2, 0) is 9.59 Å². The highest BCUT2D eigenvalue weighted by molar-refractivity contribution is 9.11. The van der Waals surface area contributed by atoms with Crippen molar-refractivity contribution in [3.63, 3.8) is 0 Å². The summed E-state index contributed by atoms with van der Waals surface area (Å²) in [6.45, 7) is 0. The molecule has 2 aliphatic heterocycles. The molecule has 0 saturated carbocycles. The summed E-state index contributed by atoms with van der Waals surface area (Å²) in [6.07, 6.45) is 1.78. The Morgan fingerprint density at radius 1 is 1.58 bits per heavy atom. The van der Waals surface area contributed by atoms with Crippen LogP contribution in [0.5, 0.6) is 0 Å². The lowest BCUT2D eigenvalue weighted by molar-refractivity contribution is -0.118. The summed E-state index contributed by atoms with van der Waals surface area (Å²) in [4.78, 5) is 25.5. The van der Waals surface area contributed by atoms with Crippen molar-refractivity contribution in [3.8, 4) is 0 Å². The van der Waals surface area contributed by atoms with Crippen molar-refractivity contribution in [1.82, 2.24) is 5.32 Å². The fourth-order valence-corrected chi connectivity index (χ4v) is 1.84. The van der Waals surface area contributed by atoms with E-state index in [-0.39, 0.29) is 17.7 Å². The van der Waals surface area contributed by atoms with Crippen molar-refractivity contribution in [3.05, 3.63) is 10.6 Å². The molecule has 2 aliphatic rings. The molecule has 5 heteroatoms. The number of carbonyl (C=O) groups excluding carboxylic acids is 2. The minimum absolute atomic E-state index is 0.0600. The molecule has 0 aromatic heterocycles. The number of fused-ring (bicyclic) bond motifs is 1. The number of hydrogen-bond acceptors (Lipinski definition) is 2. The average Bonchev–Trinajstić information content (AvgIpc) is 2.29. The van der Waals surface area contributed by atoms with Gasteiger partial charge in [-0.25, -0.2) is 0 Å². The average molecular weight is 229 g/mol. The quantitative estimate of drug-likeness (QED) is 0.651. The van der Waals surface area contributed by atoms with E-state index in [1.807, 2.05) is 0 Å². The van der Waals surface area contributed by atoms with Gasteiger partial charge in [0, 0.05) is 17.0 Å².